The highest BCUT2D eigenvalue weighted by Crippen LogP contribution is 2.42. The number of hydrogen-bond acceptors (Lipinski definition) is 11. The summed E-state index contributed by atoms with van der Waals surface area (Å²) in [7, 11) is 3.28. The fourth-order valence-electron chi connectivity index (χ4n) is 7.83. The van der Waals surface area contributed by atoms with E-state index in [1.54, 1.807) is 49.0 Å². The van der Waals surface area contributed by atoms with Crippen molar-refractivity contribution in [1.82, 2.24) is 30.0 Å². The second-order valence-electron chi connectivity index (χ2n) is 15.8. The highest BCUT2D eigenvalue weighted by molar-refractivity contribution is 8.00. The van der Waals surface area contributed by atoms with Crippen molar-refractivity contribution in [3.05, 3.63) is 35.0 Å². The van der Waals surface area contributed by atoms with Gasteiger partial charge in [-0.3, -0.25) is 19.3 Å². The lowest BCUT2D eigenvalue weighted by Gasteiger charge is -2.39. The number of nitrogens with zero attached hydrogens (tertiary/aromatic N) is 5. The van der Waals surface area contributed by atoms with Gasteiger partial charge in [-0.05, 0) is 101 Å². The third kappa shape index (κ3) is 9.83. The highest BCUT2D eigenvalue weighted by atomic mass is 35.5. The number of hydrogen-bond donors (Lipinski definition) is 3. The number of amides is 3. The molecular formula is C39H54ClFN8O5S. The maximum Gasteiger partial charge on any atom is 0.258 e. The van der Waals surface area contributed by atoms with E-state index >= 15 is 0 Å². The van der Waals surface area contributed by atoms with Crippen molar-refractivity contribution >= 4 is 64.8 Å². The number of aromatic nitrogens is 2. The first-order valence-corrected chi connectivity index (χ1v) is 20.8. The van der Waals surface area contributed by atoms with E-state index < -0.39 is 28.4 Å². The summed E-state index contributed by atoms with van der Waals surface area (Å²) in [5.74, 6) is 2.20. The van der Waals surface area contributed by atoms with Crippen LogP contribution in [0.1, 0.15) is 75.6 Å². The Bertz CT molecular complexity index is 1720. The van der Waals surface area contributed by atoms with Crippen molar-refractivity contribution in [2.24, 2.45) is 11.8 Å². The predicted molar refractivity (Wildman–Crippen MR) is 213 cm³/mol. The van der Waals surface area contributed by atoms with E-state index in [1.165, 1.54) is 6.20 Å². The molecule has 2 unspecified atom stereocenters. The third-order valence-corrected chi connectivity index (χ3v) is 13.5. The fourth-order valence-corrected chi connectivity index (χ4v) is 9.34. The minimum absolute atomic E-state index is 0.0325. The minimum atomic E-state index is -1.89. The highest BCUT2D eigenvalue weighted by Gasteiger charge is 2.53. The summed E-state index contributed by atoms with van der Waals surface area (Å²) in [5.41, 5.74) is -0.707. The summed E-state index contributed by atoms with van der Waals surface area (Å²) < 4.78 is 19.6. The van der Waals surface area contributed by atoms with Crippen LogP contribution >= 0.6 is 23.4 Å². The Balaban J connectivity index is 0.953. The normalized spacial score (nSPS) is 23.1. The second kappa shape index (κ2) is 17.6. The van der Waals surface area contributed by atoms with Gasteiger partial charge >= 0.3 is 0 Å². The number of likely N-dealkylation sites (tertiary alicyclic amines) is 1. The quantitative estimate of drug-likeness (QED) is 0.205. The Morgan fingerprint density at radius 2 is 1.80 bits per heavy atom. The van der Waals surface area contributed by atoms with Crippen molar-refractivity contribution in [1.29, 1.82) is 0 Å². The van der Waals surface area contributed by atoms with Gasteiger partial charge in [0, 0.05) is 56.6 Å². The molecule has 0 radical (unpaired) electrons. The van der Waals surface area contributed by atoms with Crippen molar-refractivity contribution in [3.63, 3.8) is 0 Å². The number of rotatable bonds is 15. The van der Waals surface area contributed by atoms with Crippen LogP contribution in [-0.2, 0) is 14.4 Å². The Hall–Kier alpha value is -3.69. The lowest BCUT2D eigenvalue weighted by molar-refractivity contribution is -0.140. The summed E-state index contributed by atoms with van der Waals surface area (Å²) in [6.07, 6.45) is 8.39. The molecule has 3 amide bonds. The van der Waals surface area contributed by atoms with Gasteiger partial charge in [-0.2, -0.15) is 16.7 Å². The number of carbonyl (C=O) groups is 4. The standard InChI is InChI=1S/C39H54ClFN8O5S/c1-38(2,32(45-36(53)39(41)13-14-39)35(52)49-15-5-6-28(49)23-50)55-24-26-9-7-25(8-10-26)22-47-16-18-48(19-17-47)34(51)27-11-12-30(31(20-27)54-4)44-37-43-21-29(40)33(42-3)46-37/h11-12,20-21,23,25-26,28,32H,5-10,13-19,22,24H2,1-4H3,(H,45,53)(H2,42,43,44,46). The van der Waals surface area contributed by atoms with Crippen LogP contribution in [0.15, 0.2) is 24.4 Å². The molecule has 2 aliphatic heterocycles. The first kappa shape index (κ1) is 41.0. The minimum Gasteiger partial charge on any atom is -0.495 e. The van der Waals surface area contributed by atoms with Crippen LogP contribution in [0.25, 0.3) is 0 Å². The van der Waals surface area contributed by atoms with Gasteiger partial charge in [0.15, 0.2) is 5.67 Å². The monoisotopic (exact) mass is 800 g/mol. The lowest BCUT2D eigenvalue weighted by Crippen LogP contribution is -2.59. The average Bonchev–Trinajstić information content (AvgIpc) is 3.77. The van der Waals surface area contributed by atoms with Gasteiger partial charge in [0.05, 0.1) is 25.0 Å². The first-order chi connectivity index (χ1) is 26.3. The van der Waals surface area contributed by atoms with Gasteiger partial charge in [0.2, 0.25) is 11.9 Å². The second-order valence-corrected chi connectivity index (χ2v) is 17.9. The molecule has 16 heteroatoms. The number of methoxy groups -OCH3 is 1. The molecule has 1 aromatic heterocycles. The number of ether oxygens (including phenoxy) is 1. The Morgan fingerprint density at radius 3 is 2.45 bits per heavy atom. The first-order valence-electron chi connectivity index (χ1n) is 19.4. The molecule has 13 nitrogen and oxygen atoms in total. The van der Waals surface area contributed by atoms with E-state index in [4.69, 9.17) is 16.3 Å². The van der Waals surface area contributed by atoms with Crippen LogP contribution in [0.4, 0.5) is 21.8 Å². The number of alkyl halides is 1. The molecule has 2 aliphatic carbocycles. The molecule has 0 bridgehead atoms. The molecule has 300 valence electrons. The van der Waals surface area contributed by atoms with E-state index in [0.717, 1.165) is 63.8 Å². The number of halogens is 2. The molecule has 0 spiro atoms. The predicted octanol–water partition coefficient (Wildman–Crippen LogP) is 5.18. The molecule has 4 aliphatic rings. The summed E-state index contributed by atoms with van der Waals surface area (Å²) >= 11 is 7.77. The van der Waals surface area contributed by atoms with Crippen molar-refractivity contribution in [2.75, 3.05) is 69.8 Å². The van der Waals surface area contributed by atoms with Gasteiger partial charge in [-0.15, -0.1) is 0 Å². The maximum absolute atomic E-state index is 14.7. The number of aldehydes is 1. The smallest absolute Gasteiger partial charge is 0.258 e. The summed E-state index contributed by atoms with van der Waals surface area (Å²) in [6, 6.07) is 3.90. The SMILES string of the molecule is CNc1nc(Nc2ccc(C(=O)N3CCN(CC4CCC(CSC(C)(C)C(NC(=O)C5(F)CC5)C(=O)N5CCCC5C=O)CC4)CC3)cc2OC)ncc1Cl. The average molecular weight is 801 g/mol. The molecule has 4 fully saturated rings. The molecule has 2 saturated heterocycles. The lowest BCUT2D eigenvalue weighted by atomic mass is 9.82. The molecular weight excluding hydrogens is 747 g/mol. The number of carbonyl (C=O) groups excluding carboxylic acids is 4. The maximum atomic E-state index is 14.7. The molecule has 6 rings (SSSR count). The van der Waals surface area contributed by atoms with Gasteiger partial charge in [-0.25, -0.2) is 9.37 Å². The summed E-state index contributed by atoms with van der Waals surface area (Å²) in [5, 5.41) is 9.24. The summed E-state index contributed by atoms with van der Waals surface area (Å²) in [6.45, 7) is 8.30. The van der Waals surface area contributed by atoms with Crippen LogP contribution < -0.4 is 20.7 Å². The molecule has 55 heavy (non-hydrogen) atoms. The Labute approximate surface area is 332 Å². The fraction of sp³-hybridized carbons (Fsp3) is 0.641. The Morgan fingerprint density at radius 1 is 1.09 bits per heavy atom. The van der Waals surface area contributed by atoms with Gasteiger partial charge in [-0.1, -0.05) is 11.6 Å². The number of nitrogens with one attached hydrogen (secondary N) is 3. The van der Waals surface area contributed by atoms with Gasteiger partial charge in [0.1, 0.15) is 28.9 Å². The van der Waals surface area contributed by atoms with E-state index in [2.05, 4.69) is 30.8 Å². The molecule has 3 heterocycles. The van der Waals surface area contributed by atoms with Gasteiger partial charge < -0.3 is 35.3 Å². The zero-order valence-electron chi connectivity index (χ0n) is 32.2. The largest absolute Gasteiger partial charge is 0.495 e. The Kier molecular flexibility index (Phi) is 13.1. The van der Waals surface area contributed by atoms with Crippen LogP contribution in [-0.4, -0.2) is 130 Å². The van der Waals surface area contributed by atoms with Crippen molar-refractivity contribution in [2.45, 2.75) is 87.7 Å². The van der Waals surface area contributed by atoms with E-state index in [9.17, 15) is 23.6 Å². The molecule has 2 atom stereocenters. The van der Waals surface area contributed by atoms with E-state index in [1.807, 2.05) is 18.7 Å². The number of anilines is 3. The van der Waals surface area contributed by atoms with Crippen molar-refractivity contribution < 1.29 is 28.3 Å². The zero-order valence-corrected chi connectivity index (χ0v) is 33.8. The van der Waals surface area contributed by atoms with Crippen LogP contribution in [0, 0.1) is 11.8 Å². The van der Waals surface area contributed by atoms with Crippen LogP contribution in [0.5, 0.6) is 5.75 Å². The van der Waals surface area contributed by atoms with Crippen molar-refractivity contribution in [3.8, 4) is 5.75 Å². The van der Waals surface area contributed by atoms with Gasteiger partial charge in [0.25, 0.3) is 11.8 Å². The molecule has 2 saturated carbocycles. The molecule has 3 N–H and O–H groups in total. The van der Waals surface area contributed by atoms with E-state index in [0.29, 0.717) is 71.7 Å². The van der Waals surface area contributed by atoms with Crippen LogP contribution in [0.2, 0.25) is 5.02 Å². The number of benzene rings is 1. The molecule has 1 aromatic carbocycles. The van der Waals surface area contributed by atoms with E-state index in [-0.39, 0.29) is 24.7 Å². The number of thioether (sulfide) groups is 1. The molecule has 2 aromatic rings. The summed E-state index contributed by atoms with van der Waals surface area (Å²) in [4.78, 5) is 66.3. The zero-order chi connectivity index (χ0) is 39.3. The van der Waals surface area contributed by atoms with Crippen LogP contribution in [0.3, 0.4) is 0 Å². The topological polar surface area (TPSA) is 149 Å². The third-order valence-electron chi connectivity index (χ3n) is 11.6. The number of piperazine rings is 1.